The third-order valence-corrected chi connectivity index (χ3v) is 7.99. The summed E-state index contributed by atoms with van der Waals surface area (Å²) < 4.78 is 0. The average molecular weight is 535 g/mol. The van der Waals surface area contributed by atoms with E-state index in [1.54, 1.807) is 5.57 Å². The highest BCUT2D eigenvalue weighted by Gasteiger charge is 2.26. The van der Waals surface area contributed by atoms with Crippen LogP contribution in [0.2, 0.25) is 0 Å². The Morgan fingerprint density at radius 3 is 2.25 bits per heavy atom. The third-order valence-electron chi connectivity index (χ3n) is 7.99. The van der Waals surface area contributed by atoms with Gasteiger partial charge in [0, 0.05) is 17.8 Å². The summed E-state index contributed by atoms with van der Waals surface area (Å²) in [5.41, 5.74) is 10.1. The van der Waals surface area contributed by atoms with Crippen molar-refractivity contribution < 1.29 is 0 Å². The largest absolute Gasteiger partial charge is 0.0983 e. The Morgan fingerprint density at radius 2 is 1.55 bits per heavy atom. The molecule has 0 heteroatoms. The van der Waals surface area contributed by atoms with Gasteiger partial charge in [-0.1, -0.05) is 146 Å². The zero-order valence-electron chi connectivity index (χ0n) is 27.1. The molecule has 0 saturated carbocycles. The topological polar surface area (TPSA) is 0 Å². The van der Waals surface area contributed by atoms with Crippen LogP contribution in [0.3, 0.4) is 0 Å². The second-order valence-electron chi connectivity index (χ2n) is 13.0. The van der Waals surface area contributed by atoms with Crippen molar-refractivity contribution in [1.29, 1.82) is 0 Å². The molecule has 0 nitrogen and oxygen atoms in total. The van der Waals surface area contributed by atoms with E-state index in [4.69, 9.17) is 0 Å². The van der Waals surface area contributed by atoms with Crippen LogP contribution in [-0.2, 0) is 0 Å². The lowest BCUT2D eigenvalue weighted by Crippen LogP contribution is -2.19. The highest BCUT2D eigenvalue weighted by atomic mass is 14.3. The Labute approximate surface area is 247 Å². The second kappa shape index (κ2) is 15.7. The van der Waals surface area contributed by atoms with Gasteiger partial charge in [-0.15, -0.1) is 0 Å². The predicted octanol–water partition coefficient (Wildman–Crippen LogP) is 11.9. The van der Waals surface area contributed by atoms with Crippen LogP contribution >= 0.6 is 0 Å². The van der Waals surface area contributed by atoms with Crippen LogP contribution < -0.4 is 0 Å². The highest BCUT2D eigenvalue weighted by Crippen LogP contribution is 2.41. The fraction of sp³-hybridized carbons (Fsp3) is 0.450. The lowest BCUT2D eigenvalue weighted by Gasteiger charge is -2.32. The van der Waals surface area contributed by atoms with E-state index in [1.165, 1.54) is 52.7 Å². The van der Waals surface area contributed by atoms with Gasteiger partial charge >= 0.3 is 0 Å². The predicted molar refractivity (Wildman–Crippen MR) is 180 cm³/mol. The molecule has 0 aromatic heterocycles. The molecule has 2 aliphatic rings. The molecule has 0 fully saturated rings. The summed E-state index contributed by atoms with van der Waals surface area (Å²) in [5, 5.41) is 0. The molecule has 0 spiro atoms. The Bertz CT molecular complexity index is 1250. The summed E-state index contributed by atoms with van der Waals surface area (Å²) in [6.45, 7) is 22.5. The molecule has 0 aromatic rings. The van der Waals surface area contributed by atoms with Crippen molar-refractivity contribution in [2.24, 2.45) is 16.7 Å². The van der Waals surface area contributed by atoms with Crippen molar-refractivity contribution in [2.75, 3.05) is 0 Å². The number of rotatable bonds is 9. The van der Waals surface area contributed by atoms with Crippen LogP contribution in [-0.4, -0.2) is 0 Å². The maximum Gasteiger partial charge on any atom is 0.0357 e. The Kier molecular flexibility index (Phi) is 13.0. The van der Waals surface area contributed by atoms with Crippen molar-refractivity contribution in [3.8, 4) is 11.8 Å². The summed E-state index contributed by atoms with van der Waals surface area (Å²) in [6, 6.07) is 0. The summed E-state index contributed by atoms with van der Waals surface area (Å²) in [5.74, 6) is 7.00. The van der Waals surface area contributed by atoms with E-state index in [0.29, 0.717) is 0 Å². The molecule has 1 atom stereocenters. The van der Waals surface area contributed by atoms with Crippen LogP contribution in [0.25, 0.3) is 0 Å². The molecule has 0 N–H and O–H groups in total. The first-order valence-electron chi connectivity index (χ1n) is 15.1. The average Bonchev–Trinajstić information content (AvgIpc) is 2.85. The third kappa shape index (κ3) is 11.2. The SMILES string of the molecule is CC1=C(/C=C/C(C)C#CC/C(C)=C/C=C/C=C(C)/C=C/C=C(C)/C=C/C2=C(C)CCCC2(C)C)C(C)(C)C=CC1. The zero-order valence-corrected chi connectivity index (χ0v) is 27.1. The van der Waals surface area contributed by atoms with Crippen LogP contribution in [0.5, 0.6) is 0 Å². The van der Waals surface area contributed by atoms with Crippen LogP contribution in [0.1, 0.15) is 101 Å². The number of hydrogen-bond acceptors (Lipinski definition) is 0. The minimum Gasteiger partial charge on any atom is -0.0983 e. The van der Waals surface area contributed by atoms with Crippen LogP contribution in [0, 0.1) is 28.6 Å². The fourth-order valence-corrected chi connectivity index (χ4v) is 5.45. The van der Waals surface area contributed by atoms with Crippen molar-refractivity contribution >= 4 is 0 Å². The van der Waals surface area contributed by atoms with Gasteiger partial charge in [-0.25, -0.2) is 0 Å². The Balaban J connectivity index is 1.85. The summed E-state index contributed by atoms with van der Waals surface area (Å²) in [7, 11) is 0. The second-order valence-corrected chi connectivity index (χ2v) is 13.0. The molecule has 0 radical (unpaired) electrons. The van der Waals surface area contributed by atoms with Gasteiger partial charge < -0.3 is 0 Å². The van der Waals surface area contributed by atoms with Gasteiger partial charge in [-0.3, -0.25) is 0 Å². The monoisotopic (exact) mass is 534 g/mol. The first kappa shape index (κ1) is 33.2. The van der Waals surface area contributed by atoms with E-state index in [0.717, 1.165) is 12.8 Å². The molecule has 2 aliphatic carbocycles. The maximum absolute atomic E-state index is 3.39. The van der Waals surface area contributed by atoms with Gasteiger partial charge in [0.25, 0.3) is 0 Å². The first-order valence-corrected chi connectivity index (χ1v) is 15.1. The molecule has 2 rings (SSSR count). The molecule has 1 unspecified atom stereocenters. The molecule has 0 heterocycles. The first-order chi connectivity index (χ1) is 18.8. The summed E-state index contributed by atoms with van der Waals surface area (Å²) in [6.07, 6.45) is 34.4. The number of hydrogen-bond donors (Lipinski definition) is 0. The van der Waals surface area contributed by atoms with Gasteiger partial charge in [0.1, 0.15) is 0 Å². The van der Waals surface area contributed by atoms with Gasteiger partial charge in [0.2, 0.25) is 0 Å². The van der Waals surface area contributed by atoms with Crippen LogP contribution in [0.4, 0.5) is 0 Å². The molecule has 0 aromatic carbocycles. The quantitative estimate of drug-likeness (QED) is 0.157. The minimum atomic E-state index is 0.108. The molecule has 0 amide bonds. The van der Waals surface area contributed by atoms with E-state index in [9.17, 15) is 0 Å². The lowest BCUT2D eigenvalue weighted by molar-refractivity contribution is 0.377. The molecule has 0 aliphatic heterocycles. The zero-order chi connectivity index (χ0) is 29.8. The summed E-state index contributed by atoms with van der Waals surface area (Å²) in [4.78, 5) is 0. The fourth-order valence-electron chi connectivity index (χ4n) is 5.45. The summed E-state index contributed by atoms with van der Waals surface area (Å²) >= 11 is 0. The Morgan fingerprint density at radius 1 is 0.875 bits per heavy atom. The molecule has 214 valence electrons. The lowest BCUT2D eigenvalue weighted by atomic mass is 9.72. The molecule has 0 bridgehead atoms. The van der Waals surface area contributed by atoms with Crippen molar-refractivity contribution in [1.82, 2.24) is 0 Å². The van der Waals surface area contributed by atoms with E-state index >= 15 is 0 Å². The molecular weight excluding hydrogens is 480 g/mol. The van der Waals surface area contributed by atoms with E-state index < -0.39 is 0 Å². The normalized spacial score (nSPS) is 21.3. The molecule has 40 heavy (non-hydrogen) atoms. The maximum atomic E-state index is 3.39. The Hall–Kier alpha value is -3.04. The molecule has 0 saturated heterocycles. The van der Waals surface area contributed by atoms with E-state index in [-0.39, 0.29) is 16.7 Å². The minimum absolute atomic E-state index is 0.108. The molecular formula is C40H54. The van der Waals surface area contributed by atoms with E-state index in [1.807, 2.05) is 0 Å². The van der Waals surface area contributed by atoms with Gasteiger partial charge in [-0.05, 0) is 83.8 Å². The van der Waals surface area contributed by atoms with E-state index in [2.05, 4.69) is 160 Å². The van der Waals surface area contributed by atoms with Crippen molar-refractivity contribution in [3.05, 3.63) is 118 Å². The van der Waals surface area contributed by atoms with Gasteiger partial charge in [0.05, 0.1) is 0 Å². The van der Waals surface area contributed by atoms with Crippen molar-refractivity contribution in [2.45, 2.75) is 101 Å². The number of allylic oxidation sites excluding steroid dienone is 20. The highest BCUT2D eigenvalue weighted by molar-refractivity contribution is 5.39. The smallest absolute Gasteiger partial charge is 0.0357 e. The van der Waals surface area contributed by atoms with Crippen LogP contribution in [0.15, 0.2) is 118 Å². The van der Waals surface area contributed by atoms with Crippen molar-refractivity contribution in [3.63, 3.8) is 0 Å². The standard InChI is InChI=1S/C40H54/c1-31(19-13-21-33(3)25-27-37-35(5)23-15-29-39(37,7)8)17-11-12-18-32(2)20-14-22-34(4)26-28-38-36(6)24-16-30-40(38,9)10/h11-13,16-19,21,25-28,30,34H,15,20,23-24,29H2,1-10H3/b12-11+,19-13+,27-25+,28-26+,31-17+,32-18+,33-21+. The van der Waals surface area contributed by atoms with Gasteiger partial charge in [0.15, 0.2) is 0 Å². The van der Waals surface area contributed by atoms with Gasteiger partial charge in [-0.2, -0.15) is 0 Å².